The van der Waals surface area contributed by atoms with Crippen LogP contribution in [-0.4, -0.2) is 29.5 Å². The summed E-state index contributed by atoms with van der Waals surface area (Å²) in [4.78, 5) is 18.4. The number of nitrogens with zero attached hydrogens (tertiary/aromatic N) is 2. The van der Waals surface area contributed by atoms with Gasteiger partial charge in [-0.2, -0.15) is 0 Å². The second kappa shape index (κ2) is 9.87. The van der Waals surface area contributed by atoms with E-state index >= 15 is 0 Å². The first-order chi connectivity index (χ1) is 15.5. The molecule has 1 saturated heterocycles. The second-order valence-corrected chi connectivity index (χ2v) is 7.87. The van der Waals surface area contributed by atoms with E-state index in [0.717, 1.165) is 37.6 Å². The van der Waals surface area contributed by atoms with E-state index in [0.29, 0.717) is 5.56 Å². The SMILES string of the molecule is CC(c1ccccc1)n1cc(C(=NOC2CCNCC2)c2ccc(F)cc2F)ccc1=O. The maximum absolute atomic E-state index is 14.7. The largest absolute Gasteiger partial charge is 0.392 e. The van der Waals surface area contributed by atoms with Gasteiger partial charge < -0.3 is 14.7 Å². The summed E-state index contributed by atoms with van der Waals surface area (Å²) >= 11 is 0. The van der Waals surface area contributed by atoms with Gasteiger partial charge in [-0.05, 0) is 56.6 Å². The van der Waals surface area contributed by atoms with Gasteiger partial charge in [0.05, 0.1) is 6.04 Å². The third-order valence-electron chi connectivity index (χ3n) is 5.68. The number of hydrogen-bond acceptors (Lipinski definition) is 4. The van der Waals surface area contributed by atoms with Crippen molar-refractivity contribution in [2.75, 3.05) is 13.1 Å². The van der Waals surface area contributed by atoms with Crippen LogP contribution in [0.5, 0.6) is 0 Å². The molecule has 1 aliphatic rings. The van der Waals surface area contributed by atoms with E-state index in [2.05, 4.69) is 10.5 Å². The van der Waals surface area contributed by atoms with Gasteiger partial charge in [0.15, 0.2) is 0 Å². The third kappa shape index (κ3) is 4.94. The minimum atomic E-state index is -0.744. The molecule has 3 aromatic rings. The van der Waals surface area contributed by atoms with Gasteiger partial charge in [-0.25, -0.2) is 8.78 Å². The molecule has 1 fully saturated rings. The maximum atomic E-state index is 14.7. The van der Waals surface area contributed by atoms with Crippen LogP contribution in [0.4, 0.5) is 8.78 Å². The first-order valence-corrected chi connectivity index (χ1v) is 10.7. The van der Waals surface area contributed by atoms with Crippen LogP contribution in [0.2, 0.25) is 0 Å². The molecule has 0 saturated carbocycles. The third-order valence-corrected chi connectivity index (χ3v) is 5.68. The van der Waals surface area contributed by atoms with Gasteiger partial charge >= 0.3 is 0 Å². The van der Waals surface area contributed by atoms with Crippen molar-refractivity contribution >= 4 is 5.71 Å². The summed E-state index contributed by atoms with van der Waals surface area (Å²) in [5.41, 5.74) is 1.60. The Kier molecular flexibility index (Phi) is 6.75. The molecular weight excluding hydrogens is 412 g/mol. The van der Waals surface area contributed by atoms with Gasteiger partial charge in [-0.3, -0.25) is 4.79 Å². The van der Waals surface area contributed by atoms with Crippen LogP contribution in [0.15, 0.2) is 76.8 Å². The van der Waals surface area contributed by atoms with Crippen molar-refractivity contribution in [1.29, 1.82) is 0 Å². The topological polar surface area (TPSA) is 55.6 Å². The molecule has 4 rings (SSSR count). The zero-order valence-electron chi connectivity index (χ0n) is 17.8. The molecule has 1 aliphatic heterocycles. The lowest BCUT2D eigenvalue weighted by atomic mass is 10.0. The fourth-order valence-electron chi connectivity index (χ4n) is 3.81. The van der Waals surface area contributed by atoms with Crippen molar-refractivity contribution in [3.63, 3.8) is 0 Å². The average Bonchev–Trinajstić information content (AvgIpc) is 2.82. The number of rotatable bonds is 6. The van der Waals surface area contributed by atoms with Gasteiger partial charge in [0.1, 0.15) is 23.5 Å². The molecule has 1 atom stereocenters. The first-order valence-electron chi connectivity index (χ1n) is 10.7. The normalized spacial score (nSPS) is 16.0. The molecule has 32 heavy (non-hydrogen) atoms. The minimum Gasteiger partial charge on any atom is -0.392 e. The number of aromatic nitrogens is 1. The molecule has 2 aromatic carbocycles. The summed E-state index contributed by atoms with van der Waals surface area (Å²) in [6.45, 7) is 3.56. The van der Waals surface area contributed by atoms with Crippen molar-refractivity contribution in [3.05, 3.63) is 106 Å². The van der Waals surface area contributed by atoms with E-state index in [1.165, 1.54) is 18.2 Å². The molecule has 2 heterocycles. The van der Waals surface area contributed by atoms with Gasteiger partial charge in [-0.1, -0.05) is 35.5 Å². The van der Waals surface area contributed by atoms with Crippen molar-refractivity contribution in [2.24, 2.45) is 5.16 Å². The fraction of sp³-hybridized carbons (Fsp3) is 0.280. The van der Waals surface area contributed by atoms with Crippen molar-refractivity contribution in [3.8, 4) is 0 Å². The smallest absolute Gasteiger partial charge is 0.251 e. The predicted octanol–water partition coefficient (Wildman–Crippen LogP) is 4.26. The number of nitrogens with one attached hydrogen (secondary N) is 1. The number of pyridine rings is 1. The first kappa shape index (κ1) is 21.9. The molecule has 0 amide bonds. The molecule has 1 N–H and O–H groups in total. The van der Waals surface area contributed by atoms with E-state index in [1.54, 1.807) is 16.8 Å². The second-order valence-electron chi connectivity index (χ2n) is 7.87. The summed E-state index contributed by atoms with van der Waals surface area (Å²) in [5.74, 6) is -1.42. The Morgan fingerprint density at radius 1 is 1.09 bits per heavy atom. The highest BCUT2D eigenvalue weighted by atomic mass is 19.1. The van der Waals surface area contributed by atoms with Crippen LogP contribution in [0, 0.1) is 11.6 Å². The molecule has 0 bridgehead atoms. The molecule has 1 unspecified atom stereocenters. The van der Waals surface area contributed by atoms with Gasteiger partial charge in [0.25, 0.3) is 5.56 Å². The van der Waals surface area contributed by atoms with Crippen LogP contribution in [-0.2, 0) is 4.84 Å². The molecule has 0 aliphatic carbocycles. The molecule has 1 aromatic heterocycles. The van der Waals surface area contributed by atoms with E-state index < -0.39 is 11.6 Å². The van der Waals surface area contributed by atoms with Gasteiger partial charge in [0, 0.05) is 29.5 Å². The molecule has 5 nitrogen and oxygen atoms in total. The number of halogens is 2. The maximum Gasteiger partial charge on any atom is 0.251 e. The molecule has 166 valence electrons. The van der Waals surface area contributed by atoms with E-state index in [-0.39, 0.29) is 29.0 Å². The molecule has 0 radical (unpaired) electrons. The predicted molar refractivity (Wildman–Crippen MR) is 120 cm³/mol. The number of hydrogen-bond donors (Lipinski definition) is 1. The monoisotopic (exact) mass is 437 g/mol. The highest BCUT2D eigenvalue weighted by Crippen LogP contribution is 2.20. The molecular formula is C25H25F2N3O2. The van der Waals surface area contributed by atoms with E-state index in [4.69, 9.17) is 4.84 Å². The van der Waals surface area contributed by atoms with Crippen LogP contribution < -0.4 is 10.9 Å². The highest BCUT2D eigenvalue weighted by Gasteiger charge is 2.19. The Labute approximate surface area is 185 Å². The van der Waals surface area contributed by atoms with Gasteiger partial charge in [-0.15, -0.1) is 0 Å². The number of benzene rings is 2. The Morgan fingerprint density at radius 3 is 2.56 bits per heavy atom. The standard InChI is InChI=1S/C25H25F2N3O2/c1-17(18-5-3-2-4-6-18)30-16-19(7-10-24(30)31)25(22-9-8-20(26)15-23(22)27)29-32-21-11-13-28-14-12-21/h2-10,15-17,21,28H,11-14H2,1H3. The summed E-state index contributed by atoms with van der Waals surface area (Å²) < 4.78 is 29.8. The average molecular weight is 437 g/mol. The zero-order valence-corrected chi connectivity index (χ0v) is 17.8. The van der Waals surface area contributed by atoms with E-state index in [9.17, 15) is 13.6 Å². The lowest BCUT2D eigenvalue weighted by Crippen LogP contribution is -2.32. The summed E-state index contributed by atoms with van der Waals surface area (Å²) in [6, 6.07) is 15.7. The lowest BCUT2D eigenvalue weighted by molar-refractivity contribution is 0.0378. The Hall–Kier alpha value is -3.32. The Bertz CT molecular complexity index is 1160. The highest BCUT2D eigenvalue weighted by molar-refractivity contribution is 6.12. The minimum absolute atomic E-state index is 0.0936. The van der Waals surface area contributed by atoms with Crippen molar-refractivity contribution in [1.82, 2.24) is 9.88 Å². The van der Waals surface area contributed by atoms with Gasteiger partial charge in [0.2, 0.25) is 0 Å². The Balaban J connectivity index is 1.76. The number of piperidine rings is 1. The van der Waals surface area contributed by atoms with E-state index in [1.807, 2.05) is 37.3 Å². The van der Waals surface area contributed by atoms with Crippen molar-refractivity contribution in [2.45, 2.75) is 31.9 Å². The van der Waals surface area contributed by atoms with Crippen LogP contribution in [0.1, 0.15) is 42.5 Å². The molecule has 0 spiro atoms. The Morgan fingerprint density at radius 2 is 1.84 bits per heavy atom. The van der Waals surface area contributed by atoms with Crippen LogP contribution in [0.25, 0.3) is 0 Å². The zero-order chi connectivity index (χ0) is 22.5. The fourth-order valence-corrected chi connectivity index (χ4v) is 3.81. The summed E-state index contributed by atoms with van der Waals surface area (Å²) in [6.07, 6.45) is 3.12. The lowest BCUT2D eigenvalue weighted by Gasteiger charge is -2.21. The van der Waals surface area contributed by atoms with Crippen LogP contribution >= 0.6 is 0 Å². The van der Waals surface area contributed by atoms with Crippen molar-refractivity contribution < 1.29 is 13.6 Å². The quantitative estimate of drug-likeness (QED) is 0.463. The summed E-state index contributed by atoms with van der Waals surface area (Å²) in [7, 11) is 0. The van der Waals surface area contributed by atoms with Crippen LogP contribution in [0.3, 0.4) is 0 Å². The summed E-state index contributed by atoms with van der Waals surface area (Å²) in [5, 5.41) is 7.55. The number of oxime groups is 1. The molecule has 7 heteroatoms.